The van der Waals surface area contributed by atoms with Crippen molar-refractivity contribution in [2.24, 2.45) is 0 Å². The van der Waals surface area contributed by atoms with Crippen molar-refractivity contribution in [1.29, 1.82) is 0 Å². The second kappa shape index (κ2) is 7.92. The normalized spacial score (nSPS) is 10.5. The third kappa shape index (κ3) is 5.41. The van der Waals surface area contributed by atoms with Gasteiger partial charge in [0, 0.05) is 24.2 Å². The van der Waals surface area contributed by atoms with Crippen LogP contribution in [0.1, 0.15) is 19.4 Å². The van der Waals surface area contributed by atoms with E-state index in [1.807, 2.05) is 30.9 Å². The van der Waals surface area contributed by atoms with Gasteiger partial charge in [0.25, 0.3) is 0 Å². The molecule has 0 bridgehead atoms. The molecule has 0 aliphatic heterocycles. The summed E-state index contributed by atoms with van der Waals surface area (Å²) in [5.74, 6) is -0.230. The number of rotatable bonds is 4. The van der Waals surface area contributed by atoms with E-state index in [1.54, 1.807) is 18.2 Å². The monoisotopic (exact) mass is 296 g/mol. The molecule has 5 heteroatoms. The highest BCUT2D eigenvalue weighted by Crippen LogP contribution is 2.10. The SMILES string of the molecule is CCN(CC)C(=S)NC(=O)/C=C/c1ccc(Cl)cc1. The first kappa shape index (κ1) is 15.7. The summed E-state index contributed by atoms with van der Waals surface area (Å²) in [4.78, 5) is 13.6. The highest BCUT2D eigenvalue weighted by atomic mass is 35.5. The Kier molecular flexibility index (Phi) is 6.53. The van der Waals surface area contributed by atoms with Gasteiger partial charge in [0.2, 0.25) is 5.91 Å². The molecular weight excluding hydrogens is 280 g/mol. The highest BCUT2D eigenvalue weighted by molar-refractivity contribution is 7.80. The molecule has 3 nitrogen and oxygen atoms in total. The van der Waals surface area contributed by atoms with Gasteiger partial charge in [-0.25, -0.2) is 0 Å². The lowest BCUT2D eigenvalue weighted by molar-refractivity contribution is -0.115. The molecule has 0 aliphatic rings. The lowest BCUT2D eigenvalue weighted by Crippen LogP contribution is -2.41. The van der Waals surface area contributed by atoms with E-state index in [9.17, 15) is 4.79 Å². The van der Waals surface area contributed by atoms with Crippen LogP contribution in [-0.2, 0) is 4.79 Å². The zero-order valence-corrected chi connectivity index (χ0v) is 12.6. The predicted octanol–water partition coefficient (Wildman–Crippen LogP) is 3.10. The minimum absolute atomic E-state index is 0.230. The van der Waals surface area contributed by atoms with Gasteiger partial charge in [-0.15, -0.1) is 0 Å². The van der Waals surface area contributed by atoms with Crippen molar-refractivity contribution in [3.8, 4) is 0 Å². The summed E-state index contributed by atoms with van der Waals surface area (Å²) in [6.07, 6.45) is 3.18. The molecule has 0 aliphatic carbocycles. The van der Waals surface area contributed by atoms with Crippen LogP contribution in [0, 0.1) is 0 Å². The van der Waals surface area contributed by atoms with Crippen LogP contribution in [0.15, 0.2) is 30.3 Å². The van der Waals surface area contributed by atoms with Crippen molar-refractivity contribution < 1.29 is 4.79 Å². The molecule has 0 atom stereocenters. The van der Waals surface area contributed by atoms with Crippen LogP contribution in [0.3, 0.4) is 0 Å². The number of carbonyl (C=O) groups excluding carboxylic acids is 1. The molecule has 0 fully saturated rings. The number of amides is 1. The van der Waals surface area contributed by atoms with Crippen LogP contribution in [0.4, 0.5) is 0 Å². The Morgan fingerprint density at radius 3 is 2.42 bits per heavy atom. The number of hydrogen-bond donors (Lipinski definition) is 1. The van der Waals surface area contributed by atoms with Crippen molar-refractivity contribution in [3.63, 3.8) is 0 Å². The van der Waals surface area contributed by atoms with Crippen molar-refractivity contribution >= 4 is 40.9 Å². The minimum atomic E-state index is -0.230. The van der Waals surface area contributed by atoms with Crippen molar-refractivity contribution in [1.82, 2.24) is 10.2 Å². The smallest absolute Gasteiger partial charge is 0.250 e. The van der Waals surface area contributed by atoms with Gasteiger partial charge in [-0.2, -0.15) is 0 Å². The Balaban J connectivity index is 2.55. The number of carbonyl (C=O) groups is 1. The standard InChI is InChI=1S/C14H17ClN2OS/c1-3-17(4-2)14(19)16-13(18)10-7-11-5-8-12(15)9-6-11/h5-10H,3-4H2,1-2H3,(H,16,18,19)/b10-7+. The zero-order chi connectivity index (χ0) is 14.3. The molecule has 1 N–H and O–H groups in total. The Morgan fingerprint density at radius 2 is 1.89 bits per heavy atom. The number of hydrogen-bond acceptors (Lipinski definition) is 2. The molecule has 0 aromatic heterocycles. The number of halogens is 1. The molecular formula is C14H17ClN2OS. The van der Waals surface area contributed by atoms with Gasteiger partial charge < -0.3 is 4.90 Å². The van der Waals surface area contributed by atoms with Gasteiger partial charge in [0.15, 0.2) is 5.11 Å². The molecule has 0 radical (unpaired) electrons. The zero-order valence-electron chi connectivity index (χ0n) is 11.0. The average Bonchev–Trinajstić information content (AvgIpc) is 2.39. The summed E-state index contributed by atoms with van der Waals surface area (Å²) < 4.78 is 0. The summed E-state index contributed by atoms with van der Waals surface area (Å²) in [6, 6.07) is 7.24. The maximum absolute atomic E-state index is 11.7. The highest BCUT2D eigenvalue weighted by Gasteiger charge is 2.06. The van der Waals surface area contributed by atoms with E-state index in [-0.39, 0.29) is 5.91 Å². The lowest BCUT2D eigenvalue weighted by atomic mass is 10.2. The van der Waals surface area contributed by atoms with E-state index in [0.29, 0.717) is 10.1 Å². The first-order valence-corrected chi connectivity index (χ1v) is 6.89. The fraction of sp³-hybridized carbons (Fsp3) is 0.286. The third-order valence-corrected chi connectivity index (χ3v) is 3.19. The van der Waals surface area contributed by atoms with Crippen LogP contribution in [0.2, 0.25) is 5.02 Å². The summed E-state index contributed by atoms with van der Waals surface area (Å²) in [6.45, 7) is 5.53. The van der Waals surface area contributed by atoms with Gasteiger partial charge >= 0.3 is 0 Å². The van der Waals surface area contributed by atoms with E-state index in [1.165, 1.54) is 6.08 Å². The lowest BCUT2D eigenvalue weighted by Gasteiger charge is -2.21. The van der Waals surface area contributed by atoms with Gasteiger partial charge in [0.05, 0.1) is 0 Å². The number of nitrogens with zero attached hydrogens (tertiary/aromatic N) is 1. The third-order valence-electron chi connectivity index (χ3n) is 2.58. The van der Waals surface area contributed by atoms with E-state index < -0.39 is 0 Å². The molecule has 102 valence electrons. The van der Waals surface area contributed by atoms with Gasteiger partial charge in [-0.1, -0.05) is 23.7 Å². The molecule has 1 aromatic carbocycles. The van der Waals surface area contributed by atoms with E-state index in [4.69, 9.17) is 23.8 Å². The summed E-state index contributed by atoms with van der Waals surface area (Å²) in [5, 5.41) is 3.79. The molecule has 0 spiro atoms. The maximum Gasteiger partial charge on any atom is 0.250 e. The fourth-order valence-electron chi connectivity index (χ4n) is 1.48. The average molecular weight is 297 g/mol. The van der Waals surface area contributed by atoms with Gasteiger partial charge in [-0.3, -0.25) is 10.1 Å². The van der Waals surface area contributed by atoms with Crippen LogP contribution in [0.25, 0.3) is 6.08 Å². The molecule has 1 aromatic rings. The topological polar surface area (TPSA) is 32.3 Å². The largest absolute Gasteiger partial charge is 0.350 e. The van der Waals surface area contributed by atoms with Gasteiger partial charge in [0.1, 0.15) is 0 Å². The Labute approximate surface area is 124 Å². The summed E-state index contributed by atoms with van der Waals surface area (Å²) in [5.41, 5.74) is 0.910. The second-order valence-corrected chi connectivity index (χ2v) is 4.67. The van der Waals surface area contributed by atoms with Crippen molar-refractivity contribution in [2.45, 2.75) is 13.8 Å². The van der Waals surface area contributed by atoms with Crippen molar-refractivity contribution in [2.75, 3.05) is 13.1 Å². The Morgan fingerprint density at radius 1 is 1.32 bits per heavy atom. The van der Waals surface area contributed by atoms with Gasteiger partial charge in [-0.05, 0) is 49.8 Å². The number of benzene rings is 1. The molecule has 19 heavy (non-hydrogen) atoms. The number of thiocarbonyl (C=S) groups is 1. The first-order valence-electron chi connectivity index (χ1n) is 6.10. The van der Waals surface area contributed by atoms with Crippen molar-refractivity contribution in [3.05, 3.63) is 40.9 Å². The molecule has 0 saturated carbocycles. The molecule has 1 rings (SSSR count). The molecule has 0 unspecified atom stereocenters. The first-order chi connectivity index (χ1) is 9.06. The maximum atomic E-state index is 11.7. The van der Waals surface area contributed by atoms with E-state index in [2.05, 4.69) is 5.32 Å². The summed E-state index contributed by atoms with van der Waals surface area (Å²) in [7, 11) is 0. The molecule has 1 amide bonds. The number of nitrogens with one attached hydrogen (secondary N) is 1. The summed E-state index contributed by atoms with van der Waals surface area (Å²) >= 11 is 10.9. The second-order valence-electron chi connectivity index (χ2n) is 3.85. The van der Waals surface area contributed by atoms with Crippen LogP contribution in [-0.4, -0.2) is 29.0 Å². The molecule has 0 saturated heterocycles. The van der Waals surface area contributed by atoms with E-state index in [0.717, 1.165) is 18.7 Å². The molecule has 0 heterocycles. The minimum Gasteiger partial charge on any atom is -0.350 e. The fourth-order valence-corrected chi connectivity index (χ4v) is 1.97. The Hall–Kier alpha value is -1.39. The van der Waals surface area contributed by atoms with Crippen LogP contribution >= 0.6 is 23.8 Å². The van der Waals surface area contributed by atoms with Crippen LogP contribution in [0.5, 0.6) is 0 Å². The quantitative estimate of drug-likeness (QED) is 0.684. The Bertz CT molecular complexity index is 467. The van der Waals surface area contributed by atoms with Crippen LogP contribution < -0.4 is 5.32 Å². The van der Waals surface area contributed by atoms with E-state index >= 15 is 0 Å². The predicted molar refractivity (Wildman–Crippen MR) is 84.1 cm³/mol.